The molecule has 0 spiro atoms. The van der Waals surface area contributed by atoms with Crippen LogP contribution in [0.3, 0.4) is 0 Å². The van der Waals surface area contributed by atoms with Crippen LogP contribution in [-0.2, 0) is 11.2 Å². The van der Waals surface area contributed by atoms with Crippen LogP contribution in [0.1, 0.15) is 35.6 Å². The van der Waals surface area contributed by atoms with Crippen molar-refractivity contribution in [3.8, 4) is 5.75 Å². The Kier molecular flexibility index (Phi) is 6.29. The van der Waals surface area contributed by atoms with E-state index < -0.39 is 0 Å². The molecule has 1 heterocycles. The minimum atomic E-state index is 0.0616. The molecular formula is C22H28N2O2. The van der Waals surface area contributed by atoms with Gasteiger partial charge in [-0.15, -0.1) is 0 Å². The molecule has 4 nitrogen and oxygen atoms in total. The average molecular weight is 352 g/mol. The Morgan fingerprint density at radius 1 is 1.08 bits per heavy atom. The van der Waals surface area contributed by atoms with Crippen LogP contribution in [0.5, 0.6) is 5.75 Å². The van der Waals surface area contributed by atoms with Gasteiger partial charge >= 0.3 is 0 Å². The SMILES string of the molecule is COc1ccc(CC(=O)NC[C@H](c2ccc(C)cc2)N2CCCC2)cc1. The Hall–Kier alpha value is -2.33. The van der Waals surface area contributed by atoms with Gasteiger partial charge < -0.3 is 10.1 Å². The molecule has 0 aliphatic carbocycles. The van der Waals surface area contributed by atoms with Crippen molar-refractivity contribution in [3.63, 3.8) is 0 Å². The van der Waals surface area contributed by atoms with Gasteiger partial charge in [-0.1, -0.05) is 42.0 Å². The third kappa shape index (κ3) is 4.85. The fraction of sp³-hybridized carbons (Fsp3) is 0.409. The summed E-state index contributed by atoms with van der Waals surface area (Å²) in [6.45, 7) is 4.96. The molecular weight excluding hydrogens is 324 g/mol. The summed E-state index contributed by atoms with van der Waals surface area (Å²) in [7, 11) is 1.64. The molecule has 4 heteroatoms. The van der Waals surface area contributed by atoms with Crippen LogP contribution in [0, 0.1) is 6.92 Å². The molecule has 1 aliphatic heterocycles. The number of carbonyl (C=O) groups is 1. The summed E-state index contributed by atoms with van der Waals surface area (Å²) in [4.78, 5) is 14.9. The molecule has 138 valence electrons. The topological polar surface area (TPSA) is 41.6 Å². The standard InChI is InChI=1S/C22H28N2O2/c1-17-5-9-19(10-6-17)21(24-13-3-4-14-24)16-23-22(25)15-18-7-11-20(26-2)12-8-18/h5-12,21H,3-4,13-16H2,1-2H3,(H,23,25)/t21-/m1/s1. The molecule has 3 rings (SSSR count). The number of hydrogen-bond donors (Lipinski definition) is 1. The number of methoxy groups -OCH3 is 1. The predicted molar refractivity (Wildman–Crippen MR) is 104 cm³/mol. The zero-order valence-corrected chi connectivity index (χ0v) is 15.7. The largest absolute Gasteiger partial charge is 0.497 e. The highest BCUT2D eigenvalue weighted by Crippen LogP contribution is 2.25. The van der Waals surface area contributed by atoms with Crippen molar-refractivity contribution < 1.29 is 9.53 Å². The van der Waals surface area contributed by atoms with E-state index in [0.29, 0.717) is 13.0 Å². The van der Waals surface area contributed by atoms with E-state index in [4.69, 9.17) is 4.74 Å². The molecule has 2 aromatic carbocycles. The lowest BCUT2D eigenvalue weighted by Gasteiger charge is -2.28. The van der Waals surface area contributed by atoms with Crippen molar-refractivity contribution >= 4 is 5.91 Å². The number of hydrogen-bond acceptors (Lipinski definition) is 3. The molecule has 0 radical (unpaired) electrons. The van der Waals surface area contributed by atoms with Crippen molar-refractivity contribution in [2.24, 2.45) is 0 Å². The van der Waals surface area contributed by atoms with Crippen molar-refractivity contribution in [1.82, 2.24) is 10.2 Å². The molecule has 1 N–H and O–H groups in total. The number of nitrogens with zero attached hydrogens (tertiary/aromatic N) is 1. The third-order valence-electron chi connectivity index (χ3n) is 5.06. The average Bonchev–Trinajstić information content (AvgIpc) is 3.18. The van der Waals surface area contributed by atoms with Gasteiger partial charge in [-0.25, -0.2) is 0 Å². The Morgan fingerprint density at radius 2 is 1.73 bits per heavy atom. The predicted octanol–water partition coefficient (Wildman–Crippen LogP) is 3.50. The molecule has 26 heavy (non-hydrogen) atoms. The minimum absolute atomic E-state index is 0.0616. The number of ether oxygens (including phenoxy) is 1. The summed E-state index contributed by atoms with van der Waals surface area (Å²) >= 11 is 0. The fourth-order valence-electron chi connectivity index (χ4n) is 3.50. The van der Waals surface area contributed by atoms with Gasteiger partial charge in [0.2, 0.25) is 5.91 Å². The quantitative estimate of drug-likeness (QED) is 0.829. The maximum Gasteiger partial charge on any atom is 0.224 e. The van der Waals surface area contributed by atoms with Crippen molar-refractivity contribution in [2.75, 3.05) is 26.7 Å². The summed E-state index contributed by atoms with van der Waals surface area (Å²) in [6.07, 6.45) is 2.87. The first kappa shape index (κ1) is 18.5. The van der Waals surface area contributed by atoms with Crippen LogP contribution in [-0.4, -0.2) is 37.6 Å². The van der Waals surface area contributed by atoms with Crippen LogP contribution < -0.4 is 10.1 Å². The number of benzene rings is 2. The second-order valence-corrected chi connectivity index (χ2v) is 7.00. The Morgan fingerprint density at radius 3 is 2.35 bits per heavy atom. The van der Waals surface area contributed by atoms with Gasteiger partial charge in [-0.05, 0) is 56.1 Å². The second-order valence-electron chi connectivity index (χ2n) is 7.00. The number of carbonyl (C=O) groups excluding carboxylic acids is 1. The van der Waals surface area contributed by atoms with Crippen LogP contribution in [0.25, 0.3) is 0 Å². The lowest BCUT2D eigenvalue weighted by atomic mass is 10.0. The third-order valence-corrected chi connectivity index (χ3v) is 5.06. The van der Waals surface area contributed by atoms with Crippen molar-refractivity contribution in [3.05, 3.63) is 65.2 Å². The molecule has 2 aromatic rings. The molecule has 0 unspecified atom stereocenters. The van der Waals surface area contributed by atoms with E-state index in [0.717, 1.165) is 24.4 Å². The van der Waals surface area contributed by atoms with Crippen LogP contribution >= 0.6 is 0 Å². The summed E-state index contributed by atoms with van der Waals surface area (Å²) in [5.74, 6) is 0.870. The Balaban J connectivity index is 1.61. The van der Waals surface area contributed by atoms with E-state index in [1.165, 1.54) is 24.0 Å². The van der Waals surface area contributed by atoms with Gasteiger partial charge in [0.05, 0.1) is 19.6 Å². The summed E-state index contributed by atoms with van der Waals surface area (Å²) in [5.41, 5.74) is 3.54. The molecule has 1 saturated heterocycles. The van der Waals surface area contributed by atoms with E-state index in [1.807, 2.05) is 24.3 Å². The second kappa shape index (κ2) is 8.86. The fourth-order valence-corrected chi connectivity index (χ4v) is 3.50. The van der Waals surface area contributed by atoms with E-state index in [2.05, 4.69) is 41.4 Å². The lowest BCUT2D eigenvalue weighted by molar-refractivity contribution is -0.120. The highest BCUT2D eigenvalue weighted by atomic mass is 16.5. The highest BCUT2D eigenvalue weighted by Gasteiger charge is 2.23. The molecule has 1 fully saturated rings. The van der Waals surface area contributed by atoms with Gasteiger partial charge in [0.1, 0.15) is 5.75 Å². The zero-order chi connectivity index (χ0) is 18.4. The van der Waals surface area contributed by atoms with E-state index >= 15 is 0 Å². The van der Waals surface area contributed by atoms with Crippen molar-refractivity contribution in [1.29, 1.82) is 0 Å². The van der Waals surface area contributed by atoms with Gasteiger partial charge in [-0.3, -0.25) is 9.69 Å². The Labute approximate surface area is 156 Å². The molecule has 0 saturated carbocycles. The van der Waals surface area contributed by atoms with E-state index in [-0.39, 0.29) is 11.9 Å². The van der Waals surface area contributed by atoms with Gasteiger partial charge in [-0.2, -0.15) is 0 Å². The molecule has 1 atom stereocenters. The van der Waals surface area contributed by atoms with Crippen molar-refractivity contribution in [2.45, 2.75) is 32.2 Å². The van der Waals surface area contributed by atoms with Gasteiger partial charge in [0, 0.05) is 6.54 Å². The maximum atomic E-state index is 12.4. The smallest absolute Gasteiger partial charge is 0.224 e. The molecule has 1 aliphatic rings. The summed E-state index contributed by atoms with van der Waals surface area (Å²) in [6, 6.07) is 16.6. The maximum absolute atomic E-state index is 12.4. The molecule has 1 amide bonds. The van der Waals surface area contributed by atoms with Crippen LogP contribution in [0.4, 0.5) is 0 Å². The number of rotatable bonds is 7. The first-order valence-electron chi connectivity index (χ1n) is 9.36. The molecule has 0 aromatic heterocycles. The number of nitrogens with one attached hydrogen (secondary N) is 1. The molecule has 0 bridgehead atoms. The van der Waals surface area contributed by atoms with Crippen LogP contribution in [0.15, 0.2) is 48.5 Å². The zero-order valence-electron chi connectivity index (χ0n) is 15.7. The minimum Gasteiger partial charge on any atom is -0.497 e. The van der Waals surface area contributed by atoms with Gasteiger partial charge in [0.15, 0.2) is 0 Å². The number of likely N-dealkylation sites (tertiary alicyclic amines) is 1. The summed E-state index contributed by atoms with van der Waals surface area (Å²) in [5, 5.41) is 3.14. The first-order chi connectivity index (χ1) is 12.7. The normalized spacial score (nSPS) is 15.6. The summed E-state index contributed by atoms with van der Waals surface area (Å²) < 4.78 is 5.16. The van der Waals surface area contributed by atoms with E-state index in [9.17, 15) is 4.79 Å². The lowest BCUT2D eigenvalue weighted by Crippen LogP contribution is -2.37. The Bertz CT molecular complexity index is 704. The van der Waals surface area contributed by atoms with E-state index in [1.54, 1.807) is 7.11 Å². The van der Waals surface area contributed by atoms with Crippen LogP contribution in [0.2, 0.25) is 0 Å². The van der Waals surface area contributed by atoms with Gasteiger partial charge in [0.25, 0.3) is 0 Å². The first-order valence-corrected chi connectivity index (χ1v) is 9.36. The monoisotopic (exact) mass is 352 g/mol. The number of aryl methyl sites for hydroxylation is 1. The highest BCUT2D eigenvalue weighted by molar-refractivity contribution is 5.78. The number of amides is 1.